The van der Waals surface area contributed by atoms with Gasteiger partial charge in [0, 0.05) is 6.42 Å². The number of hydrogen-bond acceptors (Lipinski definition) is 7. The zero-order valence-electron chi connectivity index (χ0n) is 12.7. The Morgan fingerprint density at radius 1 is 1.32 bits per heavy atom. The number of rotatable bonds is 4. The minimum atomic E-state index is -0.627. The molecule has 0 unspecified atom stereocenters. The topological polar surface area (TPSA) is 98.9 Å². The standard InChI is InChI=1S/C14H18N2O5S/c1-4-20-13(18)9-5-8(14(19)21-7(2)3)11(15)16-10(17)6-22-12(9)16/h7H,4-6,15H2,1-3H3. The summed E-state index contributed by atoms with van der Waals surface area (Å²) in [4.78, 5) is 37.5. The Balaban J connectivity index is 2.40. The molecule has 0 atom stereocenters. The first kappa shape index (κ1) is 16.4. The van der Waals surface area contributed by atoms with Gasteiger partial charge < -0.3 is 15.2 Å². The highest BCUT2D eigenvalue weighted by molar-refractivity contribution is 8.04. The van der Waals surface area contributed by atoms with E-state index in [1.54, 1.807) is 20.8 Å². The minimum Gasteiger partial charge on any atom is -0.463 e. The number of ether oxygens (including phenoxy) is 2. The summed E-state index contributed by atoms with van der Waals surface area (Å²) in [6, 6.07) is 0. The van der Waals surface area contributed by atoms with E-state index in [4.69, 9.17) is 15.2 Å². The van der Waals surface area contributed by atoms with Gasteiger partial charge in [-0.25, -0.2) is 9.59 Å². The summed E-state index contributed by atoms with van der Waals surface area (Å²) in [5.74, 6) is -1.24. The van der Waals surface area contributed by atoms with E-state index in [1.807, 2.05) is 0 Å². The van der Waals surface area contributed by atoms with Crippen LogP contribution in [0, 0.1) is 0 Å². The van der Waals surface area contributed by atoms with Gasteiger partial charge >= 0.3 is 11.9 Å². The molecule has 0 aromatic carbocycles. The van der Waals surface area contributed by atoms with Gasteiger partial charge in [0.1, 0.15) is 5.82 Å². The molecule has 1 fully saturated rings. The third-order valence-electron chi connectivity index (χ3n) is 3.06. The van der Waals surface area contributed by atoms with E-state index in [0.717, 1.165) is 0 Å². The Bertz CT molecular complexity index is 594. The number of thioether (sulfide) groups is 1. The monoisotopic (exact) mass is 326 g/mol. The molecule has 2 heterocycles. The Morgan fingerprint density at radius 2 is 2.00 bits per heavy atom. The van der Waals surface area contributed by atoms with Crippen LogP contribution in [0.2, 0.25) is 0 Å². The minimum absolute atomic E-state index is 0.00231. The van der Waals surface area contributed by atoms with Crippen LogP contribution in [0.15, 0.2) is 22.0 Å². The van der Waals surface area contributed by atoms with Gasteiger partial charge in [0.15, 0.2) is 0 Å². The lowest BCUT2D eigenvalue weighted by atomic mass is 10.0. The van der Waals surface area contributed by atoms with Crippen molar-refractivity contribution < 1.29 is 23.9 Å². The van der Waals surface area contributed by atoms with Crippen LogP contribution in [-0.2, 0) is 23.9 Å². The molecule has 0 radical (unpaired) electrons. The molecule has 0 aliphatic carbocycles. The van der Waals surface area contributed by atoms with Gasteiger partial charge in [-0.3, -0.25) is 9.69 Å². The highest BCUT2D eigenvalue weighted by Gasteiger charge is 2.40. The molecule has 0 saturated carbocycles. The number of fused-ring (bicyclic) bond motifs is 1. The summed E-state index contributed by atoms with van der Waals surface area (Å²) in [7, 11) is 0. The van der Waals surface area contributed by atoms with Crippen molar-refractivity contribution in [1.82, 2.24) is 4.90 Å². The number of nitrogens with two attached hydrogens (primary N) is 1. The molecule has 2 aliphatic heterocycles. The van der Waals surface area contributed by atoms with Crippen molar-refractivity contribution in [2.24, 2.45) is 5.73 Å². The molecule has 0 bridgehead atoms. The van der Waals surface area contributed by atoms with Gasteiger partial charge in [0.25, 0.3) is 0 Å². The van der Waals surface area contributed by atoms with Crippen molar-refractivity contribution >= 4 is 29.6 Å². The van der Waals surface area contributed by atoms with Crippen LogP contribution in [0.1, 0.15) is 27.2 Å². The van der Waals surface area contributed by atoms with E-state index in [2.05, 4.69) is 0 Å². The summed E-state index contributed by atoms with van der Waals surface area (Å²) in [6.45, 7) is 5.32. The molecule has 0 aromatic rings. The molecule has 2 N–H and O–H groups in total. The van der Waals surface area contributed by atoms with Crippen LogP contribution >= 0.6 is 11.8 Å². The fraction of sp³-hybridized carbons (Fsp3) is 0.500. The molecule has 1 amide bonds. The van der Waals surface area contributed by atoms with E-state index in [0.29, 0.717) is 5.03 Å². The van der Waals surface area contributed by atoms with Crippen LogP contribution in [0.25, 0.3) is 0 Å². The van der Waals surface area contributed by atoms with E-state index < -0.39 is 11.9 Å². The van der Waals surface area contributed by atoms with Gasteiger partial charge in [0.05, 0.1) is 34.6 Å². The Labute approximate surface area is 132 Å². The smallest absolute Gasteiger partial charge is 0.338 e. The SMILES string of the molecule is CCOC(=O)C1=C2SCC(=O)N2C(N)=C(C(=O)OC(C)C)C1. The highest BCUT2D eigenvalue weighted by atomic mass is 32.2. The van der Waals surface area contributed by atoms with Crippen molar-refractivity contribution in [3.8, 4) is 0 Å². The number of esters is 2. The summed E-state index contributed by atoms with van der Waals surface area (Å²) in [5, 5.41) is 0.446. The summed E-state index contributed by atoms with van der Waals surface area (Å²) < 4.78 is 10.1. The average Bonchev–Trinajstić information content (AvgIpc) is 2.81. The second kappa shape index (κ2) is 6.43. The van der Waals surface area contributed by atoms with Gasteiger partial charge in [-0.2, -0.15) is 0 Å². The lowest BCUT2D eigenvalue weighted by Gasteiger charge is -2.27. The van der Waals surface area contributed by atoms with Crippen LogP contribution in [-0.4, -0.2) is 41.2 Å². The molecule has 0 aromatic heterocycles. The lowest BCUT2D eigenvalue weighted by molar-refractivity contribution is -0.143. The van der Waals surface area contributed by atoms with Crippen molar-refractivity contribution in [1.29, 1.82) is 0 Å². The van der Waals surface area contributed by atoms with Gasteiger partial charge in [0.2, 0.25) is 5.91 Å². The van der Waals surface area contributed by atoms with Crippen molar-refractivity contribution in [2.45, 2.75) is 33.3 Å². The van der Waals surface area contributed by atoms with Gasteiger partial charge in [-0.1, -0.05) is 11.8 Å². The first-order valence-electron chi connectivity index (χ1n) is 6.92. The summed E-state index contributed by atoms with van der Waals surface area (Å²) in [5.41, 5.74) is 6.33. The van der Waals surface area contributed by atoms with Crippen LogP contribution < -0.4 is 5.73 Å². The third-order valence-corrected chi connectivity index (χ3v) is 4.15. The highest BCUT2D eigenvalue weighted by Crippen LogP contribution is 2.40. The number of amides is 1. The van der Waals surface area contributed by atoms with Crippen molar-refractivity contribution in [2.75, 3.05) is 12.4 Å². The van der Waals surface area contributed by atoms with Gasteiger partial charge in [-0.05, 0) is 20.8 Å². The fourth-order valence-electron chi connectivity index (χ4n) is 2.16. The first-order chi connectivity index (χ1) is 10.4. The van der Waals surface area contributed by atoms with Crippen LogP contribution in [0.3, 0.4) is 0 Å². The predicted octanol–water partition coefficient (Wildman–Crippen LogP) is 0.862. The summed E-state index contributed by atoms with van der Waals surface area (Å²) >= 11 is 1.22. The van der Waals surface area contributed by atoms with E-state index in [-0.39, 0.29) is 47.8 Å². The number of nitrogens with zero attached hydrogens (tertiary/aromatic N) is 1. The summed E-state index contributed by atoms with van der Waals surface area (Å²) in [6.07, 6.45) is -0.324. The number of hydrogen-bond donors (Lipinski definition) is 1. The molecular weight excluding hydrogens is 308 g/mol. The fourth-order valence-corrected chi connectivity index (χ4v) is 3.20. The van der Waals surface area contributed by atoms with Crippen molar-refractivity contribution in [3.05, 3.63) is 22.0 Å². The Hall–Kier alpha value is -1.96. The lowest BCUT2D eigenvalue weighted by Crippen LogP contribution is -2.36. The molecule has 2 aliphatic rings. The molecule has 7 nitrogen and oxygen atoms in total. The Morgan fingerprint density at radius 3 is 2.59 bits per heavy atom. The molecule has 120 valence electrons. The maximum Gasteiger partial charge on any atom is 0.338 e. The second-order valence-corrected chi connectivity index (χ2v) is 5.98. The maximum atomic E-state index is 12.2. The second-order valence-electron chi connectivity index (χ2n) is 5.02. The van der Waals surface area contributed by atoms with E-state index in [1.165, 1.54) is 16.7 Å². The number of carbonyl (C=O) groups excluding carboxylic acids is 3. The maximum absolute atomic E-state index is 12.2. The predicted molar refractivity (Wildman–Crippen MR) is 80.0 cm³/mol. The zero-order chi connectivity index (χ0) is 16.4. The third kappa shape index (κ3) is 2.96. The van der Waals surface area contributed by atoms with Crippen LogP contribution in [0.5, 0.6) is 0 Å². The average molecular weight is 326 g/mol. The largest absolute Gasteiger partial charge is 0.463 e. The molecule has 2 rings (SSSR count). The quantitative estimate of drug-likeness (QED) is 0.765. The molecule has 1 saturated heterocycles. The Kier molecular flexibility index (Phi) is 4.80. The molecule has 8 heteroatoms. The van der Waals surface area contributed by atoms with E-state index in [9.17, 15) is 14.4 Å². The molecule has 0 spiro atoms. The van der Waals surface area contributed by atoms with Crippen molar-refractivity contribution in [3.63, 3.8) is 0 Å². The zero-order valence-corrected chi connectivity index (χ0v) is 13.5. The number of carbonyl (C=O) groups is 3. The van der Waals surface area contributed by atoms with Gasteiger partial charge in [-0.15, -0.1) is 0 Å². The first-order valence-corrected chi connectivity index (χ1v) is 7.91. The molecular formula is C14H18N2O5S. The van der Waals surface area contributed by atoms with Crippen LogP contribution in [0.4, 0.5) is 0 Å². The normalized spacial score (nSPS) is 18.0. The van der Waals surface area contributed by atoms with E-state index >= 15 is 0 Å². The molecule has 22 heavy (non-hydrogen) atoms.